The molecule has 15 heavy (non-hydrogen) atoms. The van der Waals surface area contributed by atoms with Crippen LogP contribution >= 0.6 is 0 Å². The molecule has 2 aromatic heterocycles. The van der Waals surface area contributed by atoms with E-state index in [0.717, 1.165) is 11.6 Å². The first-order valence-corrected chi connectivity index (χ1v) is 5.26. The van der Waals surface area contributed by atoms with Crippen molar-refractivity contribution in [2.24, 2.45) is 0 Å². The van der Waals surface area contributed by atoms with Crippen molar-refractivity contribution in [3.05, 3.63) is 23.9 Å². The van der Waals surface area contributed by atoms with E-state index in [2.05, 4.69) is 29.2 Å². The van der Waals surface area contributed by atoms with Gasteiger partial charge in [0.05, 0.1) is 0 Å². The quantitative estimate of drug-likeness (QED) is 0.810. The third-order valence-corrected chi connectivity index (χ3v) is 2.89. The van der Waals surface area contributed by atoms with Crippen molar-refractivity contribution in [2.75, 3.05) is 5.32 Å². The number of rotatable bonds is 2. The van der Waals surface area contributed by atoms with Crippen LogP contribution in [-0.4, -0.2) is 20.1 Å². The zero-order valence-corrected chi connectivity index (χ0v) is 8.99. The second kappa shape index (κ2) is 2.72. The summed E-state index contributed by atoms with van der Waals surface area (Å²) in [5, 5.41) is 7.75. The number of pyridine rings is 1. The molecule has 1 aliphatic carbocycles. The van der Waals surface area contributed by atoms with E-state index in [-0.39, 0.29) is 5.54 Å². The molecule has 0 amide bonds. The lowest BCUT2D eigenvalue weighted by Crippen LogP contribution is -2.16. The molecule has 0 saturated heterocycles. The van der Waals surface area contributed by atoms with E-state index in [1.165, 1.54) is 18.4 Å². The first-order chi connectivity index (χ1) is 7.15. The van der Waals surface area contributed by atoms with Crippen molar-refractivity contribution >= 4 is 11.6 Å². The first-order valence-electron chi connectivity index (χ1n) is 5.26. The van der Waals surface area contributed by atoms with E-state index in [9.17, 15) is 0 Å². The Balaban J connectivity index is 1.99. The van der Waals surface area contributed by atoms with Gasteiger partial charge in [-0.25, -0.2) is 4.52 Å². The van der Waals surface area contributed by atoms with E-state index < -0.39 is 0 Å². The van der Waals surface area contributed by atoms with Crippen molar-refractivity contribution in [3.63, 3.8) is 0 Å². The van der Waals surface area contributed by atoms with Crippen LogP contribution in [0, 0.1) is 6.92 Å². The van der Waals surface area contributed by atoms with Crippen LogP contribution in [0.1, 0.15) is 25.3 Å². The van der Waals surface area contributed by atoms with Gasteiger partial charge < -0.3 is 5.32 Å². The fraction of sp³-hybridized carbons (Fsp3) is 0.455. The summed E-state index contributed by atoms with van der Waals surface area (Å²) in [6.45, 7) is 4.25. The van der Waals surface area contributed by atoms with Gasteiger partial charge in [-0.15, -0.1) is 5.10 Å². The average Bonchev–Trinajstić information content (AvgIpc) is 2.76. The third-order valence-electron chi connectivity index (χ3n) is 2.89. The van der Waals surface area contributed by atoms with E-state index in [0.29, 0.717) is 0 Å². The van der Waals surface area contributed by atoms with Crippen molar-refractivity contribution in [1.82, 2.24) is 14.6 Å². The fourth-order valence-electron chi connectivity index (χ4n) is 1.62. The zero-order chi connectivity index (χ0) is 10.5. The van der Waals surface area contributed by atoms with Gasteiger partial charge in [-0.05, 0) is 38.3 Å². The number of fused-ring (bicyclic) bond motifs is 1. The predicted molar refractivity (Wildman–Crippen MR) is 59.0 cm³/mol. The second-order valence-corrected chi connectivity index (χ2v) is 4.63. The van der Waals surface area contributed by atoms with E-state index in [1.54, 1.807) is 0 Å². The van der Waals surface area contributed by atoms with Gasteiger partial charge in [0.15, 0.2) is 5.65 Å². The molecule has 0 atom stereocenters. The summed E-state index contributed by atoms with van der Waals surface area (Å²) in [4.78, 5) is 4.42. The van der Waals surface area contributed by atoms with Gasteiger partial charge in [0.2, 0.25) is 5.95 Å². The zero-order valence-electron chi connectivity index (χ0n) is 8.99. The second-order valence-electron chi connectivity index (χ2n) is 4.63. The smallest absolute Gasteiger partial charge is 0.243 e. The molecular formula is C11H14N4. The number of nitrogens with zero attached hydrogens (tertiary/aromatic N) is 3. The minimum absolute atomic E-state index is 0.236. The Bertz CT molecular complexity index is 510. The molecular weight excluding hydrogens is 188 g/mol. The maximum absolute atomic E-state index is 4.42. The summed E-state index contributed by atoms with van der Waals surface area (Å²) in [6.07, 6.45) is 4.41. The Morgan fingerprint density at radius 2 is 2.20 bits per heavy atom. The molecule has 4 nitrogen and oxygen atoms in total. The molecule has 3 rings (SSSR count). The lowest BCUT2D eigenvalue weighted by Gasteiger charge is -2.07. The number of anilines is 1. The van der Waals surface area contributed by atoms with Crippen LogP contribution in [0.4, 0.5) is 5.95 Å². The highest BCUT2D eigenvalue weighted by atomic mass is 15.4. The lowest BCUT2D eigenvalue weighted by molar-refractivity contribution is 0.806. The van der Waals surface area contributed by atoms with Gasteiger partial charge in [0, 0.05) is 11.7 Å². The van der Waals surface area contributed by atoms with Crippen LogP contribution in [-0.2, 0) is 0 Å². The van der Waals surface area contributed by atoms with Gasteiger partial charge >= 0.3 is 0 Å². The number of hydrogen-bond donors (Lipinski definition) is 1. The molecule has 0 bridgehead atoms. The van der Waals surface area contributed by atoms with Crippen molar-refractivity contribution in [3.8, 4) is 0 Å². The monoisotopic (exact) mass is 202 g/mol. The molecule has 2 aromatic rings. The van der Waals surface area contributed by atoms with Crippen LogP contribution in [0.3, 0.4) is 0 Å². The maximum Gasteiger partial charge on any atom is 0.243 e. The van der Waals surface area contributed by atoms with Crippen molar-refractivity contribution in [1.29, 1.82) is 0 Å². The minimum Gasteiger partial charge on any atom is -0.348 e. The van der Waals surface area contributed by atoms with Crippen molar-refractivity contribution < 1.29 is 0 Å². The largest absolute Gasteiger partial charge is 0.348 e. The molecule has 2 heterocycles. The summed E-state index contributed by atoms with van der Waals surface area (Å²) >= 11 is 0. The van der Waals surface area contributed by atoms with Crippen LogP contribution in [0.15, 0.2) is 18.3 Å². The number of aryl methyl sites for hydroxylation is 1. The highest BCUT2D eigenvalue weighted by Crippen LogP contribution is 2.37. The van der Waals surface area contributed by atoms with Gasteiger partial charge in [-0.1, -0.05) is 6.07 Å². The molecule has 1 aliphatic rings. The van der Waals surface area contributed by atoms with E-state index in [1.807, 2.05) is 22.8 Å². The minimum atomic E-state index is 0.236. The fourth-order valence-corrected chi connectivity index (χ4v) is 1.62. The molecule has 1 fully saturated rings. The Kier molecular flexibility index (Phi) is 1.58. The first kappa shape index (κ1) is 8.71. The summed E-state index contributed by atoms with van der Waals surface area (Å²) in [5.41, 5.74) is 2.32. The molecule has 0 aliphatic heterocycles. The molecule has 0 unspecified atom stereocenters. The van der Waals surface area contributed by atoms with Gasteiger partial charge in [-0.2, -0.15) is 4.98 Å². The third kappa shape index (κ3) is 1.56. The Morgan fingerprint density at radius 3 is 2.93 bits per heavy atom. The SMILES string of the molecule is Cc1ccc2nc(NC3(C)CC3)nn2c1. The Hall–Kier alpha value is -1.58. The van der Waals surface area contributed by atoms with Crippen LogP contribution in [0.5, 0.6) is 0 Å². The van der Waals surface area contributed by atoms with E-state index in [4.69, 9.17) is 0 Å². The number of aromatic nitrogens is 3. The normalized spacial score (nSPS) is 18.0. The molecule has 1 saturated carbocycles. The molecule has 4 heteroatoms. The number of nitrogens with one attached hydrogen (secondary N) is 1. The summed E-state index contributed by atoms with van der Waals surface area (Å²) in [6, 6.07) is 4.04. The summed E-state index contributed by atoms with van der Waals surface area (Å²) in [5.74, 6) is 0.737. The molecule has 0 radical (unpaired) electrons. The van der Waals surface area contributed by atoms with E-state index >= 15 is 0 Å². The standard InChI is InChI=1S/C11H14N4/c1-8-3-4-9-12-10(14-15(9)7-8)13-11(2)5-6-11/h3-4,7H,5-6H2,1-2H3,(H,13,14). The highest BCUT2D eigenvalue weighted by molar-refractivity contribution is 5.45. The maximum atomic E-state index is 4.42. The van der Waals surface area contributed by atoms with Gasteiger partial charge in [-0.3, -0.25) is 0 Å². The van der Waals surface area contributed by atoms with Crippen molar-refractivity contribution in [2.45, 2.75) is 32.2 Å². The summed E-state index contributed by atoms with van der Waals surface area (Å²) in [7, 11) is 0. The Labute approximate surface area is 88.3 Å². The highest BCUT2D eigenvalue weighted by Gasteiger charge is 2.38. The van der Waals surface area contributed by atoms with Crippen LogP contribution in [0.25, 0.3) is 5.65 Å². The van der Waals surface area contributed by atoms with Crippen LogP contribution < -0.4 is 5.32 Å². The summed E-state index contributed by atoms with van der Waals surface area (Å²) < 4.78 is 1.82. The topological polar surface area (TPSA) is 42.2 Å². The van der Waals surface area contributed by atoms with Gasteiger partial charge in [0.1, 0.15) is 0 Å². The molecule has 1 N–H and O–H groups in total. The Morgan fingerprint density at radius 1 is 1.40 bits per heavy atom. The number of hydrogen-bond acceptors (Lipinski definition) is 3. The molecule has 0 spiro atoms. The molecule has 0 aromatic carbocycles. The van der Waals surface area contributed by atoms with Gasteiger partial charge in [0.25, 0.3) is 0 Å². The predicted octanol–water partition coefficient (Wildman–Crippen LogP) is 2.00. The molecule has 78 valence electrons. The average molecular weight is 202 g/mol. The lowest BCUT2D eigenvalue weighted by atomic mass is 10.3. The van der Waals surface area contributed by atoms with Crippen LogP contribution in [0.2, 0.25) is 0 Å².